The molecule has 1 saturated heterocycles. The van der Waals surface area contributed by atoms with E-state index in [1.807, 2.05) is 0 Å². The van der Waals surface area contributed by atoms with Gasteiger partial charge in [0.1, 0.15) is 5.57 Å². The van der Waals surface area contributed by atoms with Crippen LogP contribution in [-0.2, 0) is 9.59 Å². The predicted molar refractivity (Wildman–Crippen MR) is 75.8 cm³/mol. The Morgan fingerprint density at radius 1 is 1.22 bits per heavy atom. The number of carboxylic acid groups (broad SMARTS) is 1. The van der Waals surface area contributed by atoms with E-state index in [4.69, 9.17) is 0 Å². The lowest BCUT2D eigenvalue weighted by molar-refractivity contribution is -0.134. The number of carboxylic acids is 1. The molecule has 2 rings (SSSR count). The van der Waals surface area contributed by atoms with Crippen LogP contribution in [0, 0.1) is 0 Å². The lowest BCUT2D eigenvalue weighted by atomic mass is 9.94. The first-order valence-corrected chi connectivity index (χ1v) is 8.10. The average Bonchev–Trinajstić information content (AvgIpc) is 2.83. The number of hydrogen-bond acceptors (Lipinski definition) is 4. The van der Waals surface area contributed by atoms with Gasteiger partial charge in [0, 0.05) is 17.9 Å². The Balaban J connectivity index is 2.11. The molecule has 3 nitrogen and oxygen atoms in total. The first kappa shape index (κ1) is 13.7. The molecule has 98 valence electrons. The molecule has 0 aromatic heterocycles. The van der Waals surface area contributed by atoms with Gasteiger partial charge in [0.15, 0.2) is 5.78 Å². The number of Topliss-reactive ketones (excluding diaryl/α,β-unsaturated/α-hetero) is 1. The fourth-order valence-electron chi connectivity index (χ4n) is 2.13. The van der Waals surface area contributed by atoms with E-state index in [0.717, 1.165) is 36.3 Å². The van der Waals surface area contributed by atoms with E-state index in [1.54, 1.807) is 0 Å². The van der Waals surface area contributed by atoms with Gasteiger partial charge in [-0.05, 0) is 25.7 Å². The number of allylic oxidation sites excluding steroid dienone is 2. The predicted octanol–water partition coefficient (Wildman–Crippen LogP) is 3.22. The van der Waals surface area contributed by atoms with E-state index >= 15 is 0 Å². The van der Waals surface area contributed by atoms with Crippen molar-refractivity contribution in [1.29, 1.82) is 0 Å². The molecule has 0 atom stereocenters. The van der Waals surface area contributed by atoms with Gasteiger partial charge >= 0.3 is 5.97 Å². The summed E-state index contributed by atoms with van der Waals surface area (Å²) in [4.78, 5) is 23.4. The van der Waals surface area contributed by atoms with Crippen LogP contribution in [0.5, 0.6) is 0 Å². The van der Waals surface area contributed by atoms with Crippen LogP contribution in [0.2, 0.25) is 0 Å². The summed E-state index contributed by atoms with van der Waals surface area (Å²) in [7, 11) is 0. The number of rotatable bonds is 4. The first-order chi connectivity index (χ1) is 8.68. The van der Waals surface area contributed by atoms with Crippen molar-refractivity contribution < 1.29 is 14.7 Å². The molecule has 0 amide bonds. The minimum Gasteiger partial charge on any atom is -0.478 e. The van der Waals surface area contributed by atoms with Gasteiger partial charge in [-0.3, -0.25) is 4.79 Å². The molecule has 5 heteroatoms. The number of hydrogen-bond donors (Lipinski definition) is 1. The maximum absolute atomic E-state index is 12.1. The molecule has 1 heterocycles. The molecular weight excluding hydrogens is 268 g/mol. The van der Waals surface area contributed by atoms with E-state index in [9.17, 15) is 14.7 Å². The number of ketones is 1. The van der Waals surface area contributed by atoms with Gasteiger partial charge in [-0.25, -0.2) is 4.79 Å². The number of aliphatic carboxylic acids is 1. The van der Waals surface area contributed by atoms with Crippen LogP contribution in [0.15, 0.2) is 21.5 Å². The second-order valence-corrected chi connectivity index (χ2v) is 6.84. The second-order valence-electron chi connectivity index (χ2n) is 4.37. The van der Waals surface area contributed by atoms with Crippen molar-refractivity contribution in [3.05, 3.63) is 21.5 Å². The molecule has 0 spiro atoms. The molecule has 0 bridgehead atoms. The van der Waals surface area contributed by atoms with Crippen molar-refractivity contribution in [2.75, 3.05) is 11.5 Å². The van der Waals surface area contributed by atoms with Crippen molar-refractivity contribution in [2.24, 2.45) is 0 Å². The first-order valence-electron chi connectivity index (χ1n) is 6.13. The average molecular weight is 284 g/mol. The van der Waals surface area contributed by atoms with Crippen molar-refractivity contribution in [3.63, 3.8) is 0 Å². The summed E-state index contributed by atoms with van der Waals surface area (Å²) in [5.74, 6) is 0.486. The molecule has 0 aromatic carbocycles. The number of thioether (sulfide) groups is 2. The van der Waals surface area contributed by atoms with Crippen LogP contribution >= 0.6 is 23.5 Å². The molecule has 0 radical (unpaired) electrons. The van der Waals surface area contributed by atoms with Crippen LogP contribution in [-0.4, -0.2) is 28.4 Å². The number of carbonyl (C=O) groups excluding carboxylic acids is 1. The highest BCUT2D eigenvalue weighted by atomic mass is 32.2. The molecule has 1 fully saturated rings. The topological polar surface area (TPSA) is 54.4 Å². The van der Waals surface area contributed by atoms with Crippen LogP contribution in [0.4, 0.5) is 0 Å². The Kier molecular flexibility index (Phi) is 4.95. The third-order valence-electron chi connectivity index (χ3n) is 3.02. The number of carbonyl (C=O) groups is 2. The fourth-order valence-corrected chi connectivity index (χ4v) is 4.70. The highest BCUT2D eigenvalue weighted by molar-refractivity contribution is 8.25. The monoisotopic (exact) mass is 284 g/mol. The Bertz CT molecular complexity index is 416. The zero-order chi connectivity index (χ0) is 13.0. The van der Waals surface area contributed by atoms with Gasteiger partial charge in [0.2, 0.25) is 0 Å². The van der Waals surface area contributed by atoms with Gasteiger partial charge in [-0.2, -0.15) is 0 Å². The van der Waals surface area contributed by atoms with Crippen LogP contribution in [0.1, 0.15) is 32.1 Å². The minimum atomic E-state index is -1.08. The van der Waals surface area contributed by atoms with Crippen LogP contribution in [0.3, 0.4) is 0 Å². The SMILES string of the molecule is O=C(O)C(C(=O)CC1=CCCCC1)=C1SCCS1. The summed E-state index contributed by atoms with van der Waals surface area (Å²) in [5.41, 5.74) is 1.12. The molecule has 0 unspecified atom stereocenters. The fraction of sp³-hybridized carbons (Fsp3) is 0.538. The summed E-state index contributed by atoms with van der Waals surface area (Å²) in [5, 5.41) is 9.21. The lowest BCUT2D eigenvalue weighted by Gasteiger charge is -2.12. The maximum atomic E-state index is 12.1. The standard InChI is InChI=1S/C13H16O3S2/c14-10(8-9-4-2-1-3-5-9)11(12(15)16)13-17-6-7-18-13/h4H,1-3,5-8H2,(H,15,16). The zero-order valence-corrected chi connectivity index (χ0v) is 11.7. The molecule has 1 N–H and O–H groups in total. The molecule has 1 aliphatic heterocycles. The summed E-state index contributed by atoms with van der Waals surface area (Å²) in [6.07, 6.45) is 6.63. The van der Waals surface area contributed by atoms with Gasteiger partial charge in [0.25, 0.3) is 0 Å². The molecule has 0 saturated carbocycles. The van der Waals surface area contributed by atoms with E-state index in [0.29, 0.717) is 4.24 Å². The maximum Gasteiger partial charge on any atom is 0.341 e. The Labute approximate surface area is 115 Å². The zero-order valence-electron chi connectivity index (χ0n) is 10.1. The smallest absolute Gasteiger partial charge is 0.341 e. The van der Waals surface area contributed by atoms with E-state index in [2.05, 4.69) is 6.08 Å². The van der Waals surface area contributed by atoms with Gasteiger partial charge < -0.3 is 5.11 Å². The minimum absolute atomic E-state index is 0.00831. The molecule has 2 aliphatic rings. The van der Waals surface area contributed by atoms with E-state index in [1.165, 1.54) is 29.9 Å². The highest BCUT2D eigenvalue weighted by Crippen LogP contribution is 2.39. The second kappa shape index (κ2) is 6.48. The molecular formula is C13H16O3S2. The highest BCUT2D eigenvalue weighted by Gasteiger charge is 2.26. The third kappa shape index (κ3) is 3.42. The van der Waals surface area contributed by atoms with Crippen molar-refractivity contribution in [2.45, 2.75) is 32.1 Å². The summed E-state index contributed by atoms with van der Waals surface area (Å²) in [6, 6.07) is 0. The van der Waals surface area contributed by atoms with Crippen LogP contribution in [0.25, 0.3) is 0 Å². The lowest BCUT2D eigenvalue weighted by Crippen LogP contribution is -2.14. The molecule has 0 aromatic rings. The molecule has 18 heavy (non-hydrogen) atoms. The van der Waals surface area contributed by atoms with Crippen molar-refractivity contribution >= 4 is 35.3 Å². The van der Waals surface area contributed by atoms with Crippen molar-refractivity contribution in [3.8, 4) is 0 Å². The van der Waals surface area contributed by atoms with Crippen molar-refractivity contribution in [1.82, 2.24) is 0 Å². The quantitative estimate of drug-likeness (QED) is 0.372. The van der Waals surface area contributed by atoms with Gasteiger partial charge in [-0.15, -0.1) is 23.5 Å². The molecule has 1 aliphatic carbocycles. The third-order valence-corrected chi connectivity index (χ3v) is 5.73. The van der Waals surface area contributed by atoms with Crippen LogP contribution < -0.4 is 0 Å². The van der Waals surface area contributed by atoms with Gasteiger partial charge in [0.05, 0.1) is 4.24 Å². The Hall–Kier alpha value is -0.680. The Morgan fingerprint density at radius 3 is 2.50 bits per heavy atom. The Morgan fingerprint density at radius 2 is 1.94 bits per heavy atom. The summed E-state index contributed by atoms with van der Waals surface area (Å²) >= 11 is 2.98. The summed E-state index contributed by atoms with van der Waals surface area (Å²) < 4.78 is 0.698. The normalized spacial score (nSPS) is 19.6. The van der Waals surface area contributed by atoms with E-state index in [-0.39, 0.29) is 17.8 Å². The summed E-state index contributed by atoms with van der Waals surface area (Å²) in [6.45, 7) is 0. The largest absolute Gasteiger partial charge is 0.478 e. The van der Waals surface area contributed by atoms with Gasteiger partial charge in [-0.1, -0.05) is 11.6 Å². The van der Waals surface area contributed by atoms with E-state index < -0.39 is 5.97 Å².